The maximum absolute atomic E-state index is 14.1. The average molecular weight is 353 g/mol. The minimum absolute atomic E-state index is 0.0923. The van der Waals surface area contributed by atoms with Gasteiger partial charge < -0.3 is 15.2 Å². The van der Waals surface area contributed by atoms with E-state index < -0.39 is 5.82 Å². The van der Waals surface area contributed by atoms with Crippen molar-refractivity contribution in [3.8, 4) is 11.5 Å². The second kappa shape index (κ2) is 6.58. The Morgan fingerprint density at radius 3 is 2.76 bits per heavy atom. The maximum Gasteiger partial charge on any atom is 0.179 e. The lowest BCUT2D eigenvalue weighted by Gasteiger charge is -2.11. The molecular weight excluding hydrogens is 339 g/mol. The van der Waals surface area contributed by atoms with Gasteiger partial charge in [-0.05, 0) is 45.8 Å². The molecule has 0 saturated heterocycles. The van der Waals surface area contributed by atoms with Gasteiger partial charge in [0.25, 0.3) is 0 Å². The number of nitrogens with one attached hydrogen (secondary N) is 1. The van der Waals surface area contributed by atoms with Crippen LogP contribution in [0.25, 0.3) is 0 Å². The lowest BCUT2D eigenvalue weighted by molar-refractivity contribution is 0.289. The highest BCUT2D eigenvalue weighted by molar-refractivity contribution is 9.10. The number of nitrogen functional groups attached to an aromatic ring is 1. The molecule has 110 valence electrons. The molecule has 0 aliphatic carbocycles. The second-order valence-electron chi connectivity index (χ2n) is 4.29. The molecule has 0 aromatic heterocycles. The van der Waals surface area contributed by atoms with Crippen LogP contribution >= 0.6 is 15.9 Å². The molecule has 0 aliphatic heterocycles. The lowest BCUT2D eigenvalue weighted by Crippen LogP contribution is -2.12. The number of halogens is 2. The highest BCUT2D eigenvalue weighted by Gasteiger charge is 2.14. The number of benzene rings is 2. The molecule has 6 heteroatoms. The predicted octanol–water partition coefficient (Wildman–Crippen LogP) is 3.46. The first-order chi connectivity index (χ1) is 10.0. The summed E-state index contributed by atoms with van der Waals surface area (Å²) in [5.41, 5.74) is 6.52. The van der Waals surface area contributed by atoms with Crippen LogP contribution in [0, 0.1) is 11.2 Å². The van der Waals surface area contributed by atoms with Gasteiger partial charge in [0.15, 0.2) is 11.6 Å². The van der Waals surface area contributed by atoms with Gasteiger partial charge >= 0.3 is 0 Å². The molecule has 0 saturated carbocycles. The number of nitrogens with two attached hydrogens (primary N) is 1. The fourth-order valence-corrected chi connectivity index (χ4v) is 2.32. The molecule has 0 radical (unpaired) electrons. The first-order valence-electron chi connectivity index (χ1n) is 6.11. The van der Waals surface area contributed by atoms with Gasteiger partial charge in [0.2, 0.25) is 0 Å². The van der Waals surface area contributed by atoms with Crippen LogP contribution in [0.4, 0.5) is 4.39 Å². The molecule has 0 bridgehead atoms. The van der Waals surface area contributed by atoms with Crippen molar-refractivity contribution in [1.82, 2.24) is 0 Å². The Hall–Kier alpha value is -2.08. The van der Waals surface area contributed by atoms with Gasteiger partial charge in [-0.25, -0.2) is 4.39 Å². The number of rotatable bonds is 5. The number of ether oxygens (including phenoxy) is 2. The van der Waals surface area contributed by atoms with Crippen LogP contribution in [0.3, 0.4) is 0 Å². The Morgan fingerprint density at radius 2 is 2.10 bits per heavy atom. The van der Waals surface area contributed by atoms with E-state index in [4.69, 9.17) is 20.6 Å². The summed E-state index contributed by atoms with van der Waals surface area (Å²) >= 11 is 3.08. The van der Waals surface area contributed by atoms with Crippen LogP contribution in [-0.2, 0) is 6.61 Å². The van der Waals surface area contributed by atoms with Crippen LogP contribution in [0.2, 0.25) is 0 Å². The fourth-order valence-electron chi connectivity index (χ4n) is 1.77. The SMILES string of the molecule is COc1cccc(COc2ccc(C(=N)N)c(Br)c2F)c1. The van der Waals surface area contributed by atoms with Gasteiger partial charge in [-0.15, -0.1) is 0 Å². The van der Waals surface area contributed by atoms with Crippen LogP contribution < -0.4 is 15.2 Å². The molecule has 2 aromatic rings. The molecule has 0 amide bonds. The smallest absolute Gasteiger partial charge is 0.179 e. The Morgan fingerprint density at radius 1 is 1.33 bits per heavy atom. The Kier molecular flexibility index (Phi) is 4.80. The van der Waals surface area contributed by atoms with Crippen LogP contribution in [0.1, 0.15) is 11.1 Å². The molecule has 4 nitrogen and oxygen atoms in total. The summed E-state index contributed by atoms with van der Waals surface area (Å²) in [5.74, 6) is 0.0186. The molecule has 3 N–H and O–H groups in total. The largest absolute Gasteiger partial charge is 0.497 e. The number of hydrogen-bond donors (Lipinski definition) is 2. The number of methoxy groups -OCH3 is 1. The monoisotopic (exact) mass is 352 g/mol. The van der Waals surface area contributed by atoms with E-state index in [2.05, 4.69) is 15.9 Å². The van der Waals surface area contributed by atoms with Crippen molar-refractivity contribution in [2.24, 2.45) is 5.73 Å². The summed E-state index contributed by atoms with van der Waals surface area (Å²) in [7, 11) is 1.58. The molecule has 0 heterocycles. The third-order valence-corrected chi connectivity index (χ3v) is 3.64. The van der Waals surface area contributed by atoms with E-state index in [1.54, 1.807) is 7.11 Å². The van der Waals surface area contributed by atoms with Crippen molar-refractivity contribution in [3.63, 3.8) is 0 Å². The number of hydrogen-bond acceptors (Lipinski definition) is 3. The zero-order valence-corrected chi connectivity index (χ0v) is 12.9. The van der Waals surface area contributed by atoms with E-state index >= 15 is 0 Å². The Labute approximate surface area is 130 Å². The lowest BCUT2D eigenvalue weighted by atomic mass is 10.2. The van der Waals surface area contributed by atoms with E-state index in [-0.39, 0.29) is 22.7 Å². The van der Waals surface area contributed by atoms with Crippen molar-refractivity contribution < 1.29 is 13.9 Å². The Balaban J connectivity index is 2.17. The third-order valence-electron chi connectivity index (χ3n) is 2.87. The first kappa shape index (κ1) is 15.3. The molecule has 21 heavy (non-hydrogen) atoms. The minimum Gasteiger partial charge on any atom is -0.497 e. The summed E-state index contributed by atoms with van der Waals surface area (Å²) < 4.78 is 24.8. The molecule has 0 spiro atoms. The minimum atomic E-state index is -0.578. The highest BCUT2D eigenvalue weighted by atomic mass is 79.9. The third kappa shape index (κ3) is 3.52. The molecule has 2 rings (SSSR count). The molecule has 2 aromatic carbocycles. The van der Waals surface area contributed by atoms with Gasteiger partial charge in [0.1, 0.15) is 18.2 Å². The molecule has 0 atom stereocenters. The summed E-state index contributed by atoms with van der Waals surface area (Å²) in [4.78, 5) is 0. The quantitative estimate of drug-likeness (QED) is 0.639. The zero-order valence-electron chi connectivity index (χ0n) is 11.3. The fraction of sp³-hybridized carbons (Fsp3) is 0.133. The summed E-state index contributed by atoms with van der Waals surface area (Å²) in [6.45, 7) is 0.208. The standard InChI is InChI=1S/C15H14BrFN2O2/c1-20-10-4-2-3-9(7-10)8-21-12-6-5-11(15(18)19)13(16)14(12)17/h2-7H,8H2,1H3,(H3,18,19). The van der Waals surface area contributed by atoms with Gasteiger partial charge in [0, 0.05) is 5.56 Å². The maximum atomic E-state index is 14.1. The van der Waals surface area contributed by atoms with Crippen molar-refractivity contribution in [2.75, 3.05) is 7.11 Å². The van der Waals surface area contributed by atoms with Crippen LogP contribution in [0.5, 0.6) is 11.5 Å². The van der Waals surface area contributed by atoms with E-state index in [9.17, 15) is 4.39 Å². The van der Waals surface area contributed by atoms with E-state index in [1.165, 1.54) is 12.1 Å². The van der Waals surface area contributed by atoms with Gasteiger partial charge in [-0.2, -0.15) is 0 Å². The van der Waals surface area contributed by atoms with E-state index in [0.29, 0.717) is 11.3 Å². The van der Waals surface area contributed by atoms with Crippen molar-refractivity contribution >= 4 is 21.8 Å². The molecule has 0 unspecified atom stereocenters. The summed E-state index contributed by atoms with van der Waals surface area (Å²) in [6, 6.07) is 10.3. The Bertz CT molecular complexity index is 677. The van der Waals surface area contributed by atoms with Crippen LogP contribution in [0.15, 0.2) is 40.9 Å². The van der Waals surface area contributed by atoms with Gasteiger partial charge in [0.05, 0.1) is 11.6 Å². The molecule has 0 aliphatic rings. The van der Waals surface area contributed by atoms with Gasteiger partial charge in [-0.3, -0.25) is 5.41 Å². The van der Waals surface area contributed by atoms with E-state index in [1.807, 2.05) is 24.3 Å². The average Bonchev–Trinajstić information content (AvgIpc) is 2.48. The van der Waals surface area contributed by atoms with Gasteiger partial charge in [-0.1, -0.05) is 12.1 Å². The number of amidine groups is 1. The normalized spacial score (nSPS) is 10.2. The summed E-state index contributed by atoms with van der Waals surface area (Å²) in [5, 5.41) is 7.35. The molecule has 0 fully saturated rings. The molecular formula is C15H14BrFN2O2. The van der Waals surface area contributed by atoms with Crippen molar-refractivity contribution in [2.45, 2.75) is 6.61 Å². The second-order valence-corrected chi connectivity index (χ2v) is 5.09. The summed E-state index contributed by atoms with van der Waals surface area (Å²) in [6.07, 6.45) is 0. The van der Waals surface area contributed by atoms with Crippen molar-refractivity contribution in [3.05, 3.63) is 57.8 Å². The first-order valence-corrected chi connectivity index (χ1v) is 6.90. The zero-order chi connectivity index (χ0) is 15.4. The topological polar surface area (TPSA) is 68.3 Å². The predicted molar refractivity (Wildman–Crippen MR) is 82.4 cm³/mol. The van der Waals surface area contributed by atoms with E-state index in [0.717, 1.165) is 5.56 Å². The van der Waals surface area contributed by atoms with Crippen LogP contribution in [-0.4, -0.2) is 12.9 Å². The highest BCUT2D eigenvalue weighted by Crippen LogP contribution is 2.29. The van der Waals surface area contributed by atoms with Crippen molar-refractivity contribution in [1.29, 1.82) is 5.41 Å².